The third-order valence-corrected chi connectivity index (χ3v) is 10.9. The molecule has 3 aliphatic rings. The van der Waals surface area contributed by atoms with Crippen molar-refractivity contribution >= 4 is 71.7 Å². The van der Waals surface area contributed by atoms with Crippen molar-refractivity contribution in [2.24, 2.45) is 0 Å². The topological polar surface area (TPSA) is 58.2 Å². The highest BCUT2D eigenvalue weighted by Crippen LogP contribution is 2.38. The number of allylic oxidation sites excluding steroid dienone is 2. The second-order valence-corrected chi connectivity index (χ2v) is 12.9. The Bertz CT molecular complexity index is 1690. The van der Waals surface area contributed by atoms with Crippen molar-refractivity contribution in [3.8, 4) is 0 Å². The Balaban J connectivity index is 1.52. The Morgan fingerprint density at radius 3 is 1.69 bits per heavy atom. The minimum atomic E-state index is -2.37. The maximum Gasteiger partial charge on any atom is 0.135 e. The van der Waals surface area contributed by atoms with E-state index in [-0.39, 0.29) is 0 Å². The van der Waals surface area contributed by atoms with E-state index in [0.29, 0.717) is 0 Å². The third-order valence-electron chi connectivity index (χ3n) is 7.20. The average molecular weight is 506 g/mol. The van der Waals surface area contributed by atoms with Crippen LogP contribution in [0.1, 0.15) is 22.3 Å². The van der Waals surface area contributed by atoms with Gasteiger partial charge in [0.2, 0.25) is 0 Å². The molecule has 2 atom stereocenters. The monoisotopic (exact) mass is 506 g/mol. The summed E-state index contributed by atoms with van der Waals surface area (Å²) in [6.45, 7) is 0. The fourth-order valence-corrected chi connectivity index (χ4v) is 8.56. The van der Waals surface area contributed by atoms with Crippen LogP contribution in [0.2, 0.25) is 0 Å². The molecule has 6 heteroatoms. The zero-order valence-electron chi connectivity index (χ0n) is 19.5. The molecule has 7 rings (SSSR count). The molecule has 2 aliphatic carbocycles. The van der Waals surface area contributed by atoms with Crippen LogP contribution in [0.5, 0.6) is 0 Å². The van der Waals surface area contributed by atoms with E-state index >= 15 is 0 Å². The van der Waals surface area contributed by atoms with Gasteiger partial charge in [0.05, 0.1) is 0 Å². The number of anilines is 4. The molecular formula is C30H24N2O2P2. The number of fused-ring (bicyclic) bond motifs is 6. The van der Waals surface area contributed by atoms with Gasteiger partial charge in [-0.15, -0.1) is 0 Å². The van der Waals surface area contributed by atoms with E-state index in [1.807, 2.05) is 48.5 Å². The van der Waals surface area contributed by atoms with Crippen molar-refractivity contribution in [3.63, 3.8) is 0 Å². The Labute approximate surface area is 211 Å². The van der Waals surface area contributed by atoms with E-state index in [1.165, 1.54) is 11.1 Å². The molecule has 0 bridgehead atoms. The van der Waals surface area contributed by atoms with Gasteiger partial charge in [-0.25, -0.2) is 0 Å². The highest BCUT2D eigenvalue weighted by atomic mass is 31.1. The zero-order chi connectivity index (χ0) is 24.2. The van der Waals surface area contributed by atoms with Gasteiger partial charge in [-0.1, -0.05) is 48.6 Å². The molecule has 0 spiro atoms. The molecule has 4 nitrogen and oxygen atoms in total. The minimum Gasteiger partial charge on any atom is -0.354 e. The van der Waals surface area contributed by atoms with Gasteiger partial charge in [-0.05, 0) is 83.6 Å². The summed E-state index contributed by atoms with van der Waals surface area (Å²) in [5.74, 6) is 0. The SMILES string of the molecule is O=[PH]1c2ccccc2Nc2ccccc2[PH](=O)c2cc3c(cc2Nc2cc4c(cc21)C=CC4)C=CC3. The second kappa shape index (κ2) is 8.52. The van der Waals surface area contributed by atoms with E-state index in [2.05, 4.69) is 59.2 Å². The summed E-state index contributed by atoms with van der Waals surface area (Å²) in [4.78, 5) is 0. The summed E-state index contributed by atoms with van der Waals surface area (Å²) < 4.78 is 28.5. The summed E-state index contributed by atoms with van der Waals surface area (Å²) in [6.07, 6.45) is 10.2. The largest absolute Gasteiger partial charge is 0.354 e. The fraction of sp³-hybridized carbons (Fsp3) is 0.0667. The first-order valence-corrected chi connectivity index (χ1v) is 15.0. The molecule has 4 aromatic rings. The maximum atomic E-state index is 14.2. The molecular weight excluding hydrogens is 482 g/mol. The standard InChI is InChI=1S/C30H24N2O2P2/c33-35-27-13-3-1-11-23(27)31-24-12-2-4-14-28(24)36(34)30-18-22-10-6-8-20(22)16-26(30)32-25-15-19-7-5-9-21(19)17-29(25)35/h1-7,10-18,31-32,35-36H,8-9H2. The zero-order valence-corrected chi connectivity index (χ0v) is 21.5. The molecule has 176 valence electrons. The van der Waals surface area contributed by atoms with Crippen LogP contribution in [-0.2, 0) is 22.0 Å². The van der Waals surface area contributed by atoms with Crippen LogP contribution in [0, 0.1) is 0 Å². The van der Waals surface area contributed by atoms with Crippen LogP contribution in [0.15, 0.2) is 84.9 Å². The van der Waals surface area contributed by atoms with Crippen LogP contribution < -0.4 is 31.9 Å². The van der Waals surface area contributed by atoms with Crippen LogP contribution in [0.3, 0.4) is 0 Å². The molecule has 0 fully saturated rings. The van der Waals surface area contributed by atoms with E-state index in [4.69, 9.17) is 0 Å². The molecule has 0 amide bonds. The third kappa shape index (κ3) is 3.53. The lowest BCUT2D eigenvalue weighted by atomic mass is 10.1. The van der Waals surface area contributed by atoms with Gasteiger partial charge in [0, 0.05) is 44.0 Å². The molecule has 0 saturated carbocycles. The lowest BCUT2D eigenvalue weighted by Crippen LogP contribution is -2.21. The van der Waals surface area contributed by atoms with Gasteiger partial charge in [-0.3, -0.25) is 0 Å². The van der Waals surface area contributed by atoms with Crippen molar-refractivity contribution in [1.82, 2.24) is 0 Å². The van der Waals surface area contributed by atoms with Crippen molar-refractivity contribution in [1.29, 1.82) is 0 Å². The summed E-state index contributed by atoms with van der Waals surface area (Å²) in [7, 11) is -4.74. The second-order valence-electron chi connectivity index (χ2n) is 9.41. The molecule has 0 aromatic heterocycles. The maximum absolute atomic E-state index is 14.2. The summed E-state index contributed by atoms with van der Waals surface area (Å²) in [6, 6.07) is 23.9. The lowest BCUT2D eigenvalue weighted by molar-refractivity contribution is 0.597. The van der Waals surface area contributed by atoms with Crippen LogP contribution in [-0.4, -0.2) is 0 Å². The molecule has 4 aromatic carbocycles. The van der Waals surface area contributed by atoms with Crippen molar-refractivity contribution in [2.45, 2.75) is 12.8 Å². The average Bonchev–Trinajstić information content (AvgIpc) is 3.56. The van der Waals surface area contributed by atoms with Gasteiger partial charge >= 0.3 is 0 Å². The predicted molar refractivity (Wildman–Crippen MR) is 154 cm³/mol. The van der Waals surface area contributed by atoms with E-state index < -0.39 is 15.6 Å². The summed E-state index contributed by atoms with van der Waals surface area (Å²) in [5, 5.41) is 10.2. The quantitative estimate of drug-likeness (QED) is 0.267. The lowest BCUT2D eigenvalue weighted by Gasteiger charge is -2.22. The number of hydrogen-bond acceptors (Lipinski definition) is 4. The first kappa shape index (κ1) is 21.7. The minimum absolute atomic E-state index is 0.764. The molecule has 2 N–H and O–H groups in total. The number of benzene rings is 4. The molecule has 1 aliphatic heterocycles. The van der Waals surface area contributed by atoms with E-state index in [9.17, 15) is 9.13 Å². The van der Waals surface area contributed by atoms with Gasteiger partial charge in [0.1, 0.15) is 15.6 Å². The van der Waals surface area contributed by atoms with Gasteiger partial charge in [0.15, 0.2) is 0 Å². The summed E-state index contributed by atoms with van der Waals surface area (Å²) >= 11 is 0. The summed E-state index contributed by atoms with van der Waals surface area (Å²) in [5.41, 5.74) is 7.84. The number of para-hydroxylation sites is 2. The number of rotatable bonds is 0. The predicted octanol–water partition coefficient (Wildman–Crippen LogP) is 5.65. The smallest absolute Gasteiger partial charge is 0.135 e. The molecule has 0 saturated heterocycles. The normalized spacial score (nSPS) is 18.8. The Morgan fingerprint density at radius 2 is 1.03 bits per heavy atom. The Kier molecular flexibility index (Phi) is 5.13. The van der Waals surface area contributed by atoms with Crippen LogP contribution >= 0.6 is 15.6 Å². The van der Waals surface area contributed by atoms with Crippen LogP contribution in [0.4, 0.5) is 22.7 Å². The highest BCUT2D eigenvalue weighted by molar-refractivity contribution is 7.62. The Hall–Kier alpha value is -3.58. The van der Waals surface area contributed by atoms with Gasteiger partial charge in [0.25, 0.3) is 0 Å². The van der Waals surface area contributed by atoms with Crippen molar-refractivity contribution in [2.75, 3.05) is 10.6 Å². The van der Waals surface area contributed by atoms with Crippen molar-refractivity contribution in [3.05, 3.63) is 107 Å². The van der Waals surface area contributed by atoms with E-state index in [1.54, 1.807) is 0 Å². The number of hydrogen-bond donors (Lipinski definition) is 2. The van der Waals surface area contributed by atoms with Crippen LogP contribution in [0.25, 0.3) is 12.2 Å². The molecule has 2 unspecified atom stereocenters. The molecule has 36 heavy (non-hydrogen) atoms. The number of nitrogens with one attached hydrogen (secondary N) is 2. The Morgan fingerprint density at radius 1 is 0.528 bits per heavy atom. The first-order chi connectivity index (χ1) is 17.7. The highest BCUT2D eigenvalue weighted by Gasteiger charge is 2.24. The van der Waals surface area contributed by atoms with Crippen molar-refractivity contribution < 1.29 is 9.13 Å². The van der Waals surface area contributed by atoms with Gasteiger partial charge < -0.3 is 19.8 Å². The van der Waals surface area contributed by atoms with E-state index in [0.717, 1.165) is 67.9 Å². The van der Waals surface area contributed by atoms with Gasteiger partial charge in [-0.2, -0.15) is 0 Å². The molecule has 0 radical (unpaired) electrons. The first-order valence-electron chi connectivity index (χ1n) is 12.1. The molecule has 1 heterocycles. The fourth-order valence-electron chi connectivity index (χ4n) is 5.36.